The molecule has 1 rings (SSSR count). The van der Waals surface area contributed by atoms with Crippen LogP contribution in [0.25, 0.3) is 0 Å². The van der Waals surface area contributed by atoms with Crippen LogP contribution in [0.5, 0.6) is 0 Å². The van der Waals surface area contributed by atoms with Gasteiger partial charge in [-0.25, -0.2) is 8.78 Å². The van der Waals surface area contributed by atoms with Crippen molar-refractivity contribution >= 4 is 21.9 Å². The van der Waals surface area contributed by atoms with E-state index in [9.17, 15) is 13.6 Å². The Morgan fingerprint density at radius 3 is 2.67 bits per heavy atom. The molecule has 1 atom stereocenters. The maximum absolute atomic E-state index is 13.4. The fraction of sp³-hybridized carbons (Fsp3) is 0.222. The normalized spacial score (nSPS) is 12.5. The standard InChI is InChI=1S/C9H8BrF2NO2/c10-7-5(11)2-1-4(8(7)12)3-6(13)9(14)15/h1-2,6H,3,13H2,(H,14,15). The lowest BCUT2D eigenvalue weighted by Crippen LogP contribution is -2.32. The molecule has 0 saturated heterocycles. The van der Waals surface area contributed by atoms with Gasteiger partial charge in [-0.15, -0.1) is 0 Å². The van der Waals surface area contributed by atoms with Crippen molar-refractivity contribution in [3.63, 3.8) is 0 Å². The number of halogens is 3. The number of carboxylic acid groups (broad SMARTS) is 1. The third kappa shape index (κ3) is 2.73. The molecule has 0 radical (unpaired) electrons. The number of hydrogen-bond donors (Lipinski definition) is 2. The summed E-state index contributed by atoms with van der Waals surface area (Å²) in [6.45, 7) is 0. The van der Waals surface area contributed by atoms with Crippen LogP contribution >= 0.6 is 15.9 Å². The maximum atomic E-state index is 13.4. The second-order valence-electron chi connectivity index (χ2n) is 2.98. The summed E-state index contributed by atoms with van der Waals surface area (Å²) in [6, 6.07) is 1.03. The van der Waals surface area contributed by atoms with Gasteiger partial charge in [0.2, 0.25) is 0 Å². The van der Waals surface area contributed by atoms with Gasteiger partial charge in [-0.1, -0.05) is 6.07 Å². The van der Waals surface area contributed by atoms with Crippen LogP contribution in [0, 0.1) is 11.6 Å². The van der Waals surface area contributed by atoms with Gasteiger partial charge in [0, 0.05) is 6.42 Å². The molecular formula is C9H8BrF2NO2. The number of rotatable bonds is 3. The van der Waals surface area contributed by atoms with E-state index >= 15 is 0 Å². The Hall–Kier alpha value is -1.01. The van der Waals surface area contributed by atoms with Crippen LogP contribution in [0.15, 0.2) is 16.6 Å². The maximum Gasteiger partial charge on any atom is 0.320 e. The summed E-state index contributed by atoms with van der Waals surface area (Å²) in [5.74, 6) is -2.78. The molecule has 0 heterocycles. The van der Waals surface area contributed by atoms with E-state index in [1.165, 1.54) is 6.07 Å². The third-order valence-electron chi connectivity index (χ3n) is 1.87. The van der Waals surface area contributed by atoms with Crippen molar-refractivity contribution < 1.29 is 18.7 Å². The van der Waals surface area contributed by atoms with Gasteiger partial charge in [-0.05, 0) is 27.6 Å². The lowest BCUT2D eigenvalue weighted by molar-refractivity contribution is -0.138. The minimum Gasteiger partial charge on any atom is -0.480 e. The zero-order valence-corrected chi connectivity index (χ0v) is 9.09. The Bertz CT molecular complexity index is 398. The first-order valence-corrected chi connectivity index (χ1v) is 4.83. The molecule has 0 aliphatic rings. The molecule has 0 bridgehead atoms. The van der Waals surface area contributed by atoms with E-state index in [2.05, 4.69) is 15.9 Å². The van der Waals surface area contributed by atoms with Crippen molar-refractivity contribution in [2.75, 3.05) is 0 Å². The Morgan fingerprint density at radius 2 is 2.13 bits per heavy atom. The first-order chi connectivity index (χ1) is 6.93. The molecule has 6 heteroatoms. The van der Waals surface area contributed by atoms with Crippen molar-refractivity contribution in [3.05, 3.63) is 33.8 Å². The van der Waals surface area contributed by atoms with E-state index in [0.717, 1.165) is 6.07 Å². The van der Waals surface area contributed by atoms with Crippen LogP contribution in [0.2, 0.25) is 0 Å². The predicted molar refractivity (Wildman–Crippen MR) is 53.4 cm³/mol. The molecule has 3 N–H and O–H groups in total. The SMILES string of the molecule is NC(Cc1ccc(F)c(Br)c1F)C(=O)O. The molecular weight excluding hydrogens is 272 g/mol. The van der Waals surface area contributed by atoms with Crippen LogP contribution in [0.4, 0.5) is 8.78 Å². The van der Waals surface area contributed by atoms with E-state index < -0.39 is 23.6 Å². The fourth-order valence-electron chi connectivity index (χ4n) is 1.05. The van der Waals surface area contributed by atoms with Gasteiger partial charge >= 0.3 is 5.97 Å². The van der Waals surface area contributed by atoms with E-state index in [4.69, 9.17) is 10.8 Å². The van der Waals surface area contributed by atoms with E-state index in [1.54, 1.807) is 0 Å². The molecule has 0 fully saturated rings. The number of benzene rings is 1. The molecule has 0 aromatic heterocycles. The second-order valence-corrected chi connectivity index (χ2v) is 3.78. The van der Waals surface area contributed by atoms with Crippen molar-refractivity contribution in [1.82, 2.24) is 0 Å². The summed E-state index contributed by atoms with van der Waals surface area (Å²) >= 11 is 2.72. The molecule has 3 nitrogen and oxygen atoms in total. The van der Waals surface area contributed by atoms with Crippen molar-refractivity contribution in [1.29, 1.82) is 0 Å². The predicted octanol–water partition coefficient (Wildman–Crippen LogP) is 1.68. The average molecular weight is 280 g/mol. The molecule has 15 heavy (non-hydrogen) atoms. The van der Waals surface area contributed by atoms with Gasteiger partial charge in [0.25, 0.3) is 0 Å². The third-order valence-corrected chi connectivity index (χ3v) is 2.60. The highest BCUT2D eigenvalue weighted by atomic mass is 79.9. The number of nitrogens with two attached hydrogens (primary N) is 1. The summed E-state index contributed by atoms with van der Waals surface area (Å²) in [4.78, 5) is 10.4. The smallest absolute Gasteiger partial charge is 0.320 e. The first kappa shape index (κ1) is 12.1. The van der Waals surface area contributed by atoms with Crippen LogP contribution in [-0.2, 0) is 11.2 Å². The van der Waals surface area contributed by atoms with Crippen molar-refractivity contribution in [3.8, 4) is 0 Å². The molecule has 0 aliphatic carbocycles. The molecule has 0 amide bonds. The van der Waals surface area contributed by atoms with E-state index in [-0.39, 0.29) is 16.5 Å². The minimum atomic E-state index is -1.23. The lowest BCUT2D eigenvalue weighted by Gasteiger charge is -2.08. The highest BCUT2D eigenvalue weighted by Gasteiger charge is 2.17. The molecule has 1 aromatic carbocycles. The number of carbonyl (C=O) groups is 1. The Kier molecular flexibility index (Phi) is 3.76. The zero-order chi connectivity index (χ0) is 11.6. The highest BCUT2D eigenvalue weighted by molar-refractivity contribution is 9.10. The van der Waals surface area contributed by atoms with Crippen LogP contribution in [0.3, 0.4) is 0 Å². The number of hydrogen-bond acceptors (Lipinski definition) is 2. The number of aliphatic carboxylic acids is 1. The molecule has 0 saturated carbocycles. The highest BCUT2D eigenvalue weighted by Crippen LogP contribution is 2.23. The largest absolute Gasteiger partial charge is 0.480 e. The van der Waals surface area contributed by atoms with Crippen LogP contribution < -0.4 is 5.73 Å². The molecule has 0 aliphatic heterocycles. The summed E-state index contributed by atoms with van der Waals surface area (Å²) in [6.07, 6.45) is -0.181. The average Bonchev–Trinajstić information content (AvgIpc) is 2.18. The second kappa shape index (κ2) is 4.67. The summed E-state index contributed by atoms with van der Waals surface area (Å²) in [7, 11) is 0. The van der Waals surface area contributed by atoms with Crippen molar-refractivity contribution in [2.45, 2.75) is 12.5 Å². The summed E-state index contributed by atoms with van der Waals surface area (Å²) in [5.41, 5.74) is 5.30. The Labute approximate surface area is 93.0 Å². The number of carboxylic acids is 1. The van der Waals surface area contributed by atoms with Gasteiger partial charge in [-0.3, -0.25) is 4.79 Å². The summed E-state index contributed by atoms with van der Waals surface area (Å²) in [5, 5.41) is 8.52. The van der Waals surface area contributed by atoms with Crippen LogP contribution in [0.1, 0.15) is 5.56 Å². The Morgan fingerprint density at radius 1 is 1.53 bits per heavy atom. The molecule has 1 unspecified atom stereocenters. The zero-order valence-electron chi connectivity index (χ0n) is 7.51. The monoisotopic (exact) mass is 279 g/mol. The van der Waals surface area contributed by atoms with Crippen molar-refractivity contribution in [2.24, 2.45) is 5.73 Å². The quantitative estimate of drug-likeness (QED) is 0.828. The topological polar surface area (TPSA) is 63.3 Å². The molecule has 1 aromatic rings. The fourth-order valence-corrected chi connectivity index (χ4v) is 1.43. The van der Waals surface area contributed by atoms with Gasteiger partial charge in [0.05, 0.1) is 4.47 Å². The van der Waals surface area contributed by atoms with Gasteiger partial charge in [0.1, 0.15) is 17.7 Å². The molecule has 0 spiro atoms. The van der Waals surface area contributed by atoms with Gasteiger partial charge < -0.3 is 10.8 Å². The minimum absolute atomic E-state index is 0.0678. The van der Waals surface area contributed by atoms with E-state index in [0.29, 0.717) is 0 Å². The Balaban J connectivity index is 2.97. The lowest BCUT2D eigenvalue weighted by atomic mass is 10.1. The van der Waals surface area contributed by atoms with E-state index in [1.807, 2.05) is 0 Å². The first-order valence-electron chi connectivity index (χ1n) is 4.04. The summed E-state index contributed by atoms with van der Waals surface area (Å²) < 4.78 is 25.9. The van der Waals surface area contributed by atoms with Gasteiger partial charge in [-0.2, -0.15) is 0 Å². The van der Waals surface area contributed by atoms with Crippen LogP contribution in [-0.4, -0.2) is 17.1 Å². The molecule has 82 valence electrons. The van der Waals surface area contributed by atoms with Gasteiger partial charge in [0.15, 0.2) is 0 Å².